The second kappa shape index (κ2) is 15.8. The smallest absolute Gasteiger partial charge is 0.0458 e. The van der Waals surface area contributed by atoms with Crippen LogP contribution < -0.4 is 4.90 Å². The van der Waals surface area contributed by atoms with Gasteiger partial charge in [-0.05, 0) is 135 Å². The molecule has 1 nitrogen and oxygen atoms in total. The first-order valence-corrected chi connectivity index (χ1v) is 21.0. The van der Waals surface area contributed by atoms with Crippen LogP contribution in [0.2, 0.25) is 0 Å². The Morgan fingerprint density at radius 1 is 0.542 bits per heavy atom. The van der Waals surface area contributed by atoms with E-state index >= 15 is 0 Å². The SMILES string of the molecule is CC(c1ccc(C2=CC=CC=C=C2)cc1)C12C=CC(c3ccc(N(C4=CC=C(c5ccccc5)CC4)c4ccc(-c5ccc(-c6ccccc6)cc5)cc4)cc3)=CC1C2. The first kappa shape index (κ1) is 36.4. The van der Waals surface area contributed by atoms with Crippen LogP contribution in [0.15, 0.2) is 230 Å². The predicted molar refractivity (Wildman–Crippen MR) is 250 cm³/mol. The first-order valence-electron chi connectivity index (χ1n) is 21.0. The van der Waals surface area contributed by atoms with Crippen LogP contribution in [0.25, 0.3) is 39.0 Å². The number of benzene rings is 6. The minimum atomic E-state index is 0.199. The summed E-state index contributed by atoms with van der Waals surface area (Å²) in [5.41, 5.74) is 21.1. The molecule has 0 saturated heterocycles. The van der Waals surface area contributed by atoms with Crippen LogP contribution in [0.4, 0.5) is 11.4 Å². The Bertz CT molecular complexity index is 2730. The van der Waals surface area contributed by atoms with Gasteiger partial charge in [-0.1, -0.05) is 183 Å². The summed E-state index contributed by atoms with van der Waals surface area (Å²) in [6, 6.07) is 57.8. The molecule has 0 aromatic heterocycles. The van der Waals surface area contributed by atoms with E-state index in [1.165, 1.54) is 84.7 Å². The van der Waals surface area contributed by atoms with Crippen LogP contribution in [0.1, 0.15) is 54.4 Å². The second-order valence-electron chi connectivity index (χ2n) is 16.3. The third-order valence-corrected chi connectivity index (χ3v) is 12.9. The van der Waals surface area contributed by atoms with Crippen LogP contribution in [-0.4, -0.2) is 0 Å². The van der Waals surface area contributed by atoms with Crippen molar-refractivity contribution in [3.63, 3.8) is 0 Å². The Balaban J connectivity index is 0.892. The lowest BCUT2D eigenvalue weighted by Crippen LogP contribution is -2.18. The van der Waals surface area contributed by atoms with Gasteiger partial charge in [-0.2, -0.15) is 0 Å². The zero-order chi connectivity index (χ0) is 39.6. The number of hydrogen-bond donors (Lipinski definition) is 0. The van der Waals surface area contributed by atoms with E-state index in [0.29, 0.717) is 11.8 Å². The Labute approximate surface area is 349 Å². The highest BCUT2D eigenvalue weighted by molar-refractivity contribution is 5.81. The third kappa shape index (κ3) is 7.38. The maximum atomic E-state index is 3.24. The Morgan fingerprint density at radius 3 is 1.71 bits per heavy atom. The lowest BCUT2D eigenvalue weighted by Gasteiger charge is -2.30. The van der Waals surface area contributed by atoms with Gasteiger partial charge in [-0.3, -0.25) is 0 Å². The van der Waals surface area contributed by atoms with Crippen LogP contribution >= 0.6 is 0 Å². The average molecular weight is 758 g/mol. The summed E-state index contributed by atoms with van der Waals surface area (Å²) >= 11 is 0. The van der Waals surface area contributed by atoms with Crippen molar-refractivity contribution in [1.29, 1.82) is 0 Å². The van der Waals surface area contributed by atoms with Crippen molar-refractivity contribution in [3.8, 4) is 22.3 Å². The highest BCUT2D eigenvalue weighted by atomic mass is 15.1. The molecule has 0 heterocycles. The van der Waals surface area contributed by atoms with Gasteiger partial charge in [0.05, 0.1) is 0 Å². The van der Waals surface area contributed by atoms with E-state index in [0.717, 1.165) is 12.8 Å². The summed E-state index contributed by atoms with van der Waals surface area (Å²) in [5.74, 6) is 1.01. The molecule has 6 aromatic rings. The maximum absolute atomic E-state index is 3.24. The average Bonchev–Trinajstić information content (AvgIpc) is 4.11. The number of fused-ring (bicyclic) bond motifs is 1. The summed E-state index contributed by atoms with van der Waals surface area (Å²) in [4.78, 5) is 2.45. The molecule has 3 atom stereocenters. The molecule has 3 unspecified atom stereocenters. The van der Waals surface area contributed by atoms with E-state index in [1.54, 1.807) is 0 Å². The number of allylic oxidation sites excluding steroid dienone is 13. The summed E-state index contributed by atoms with van der Waals surface area (Å²) in [7, 11) is 0. The normalized spacial score (nSPS) is 19.4. The van der Waals surface area contributed by atoms with Crippen LogP contribution in [0, 0.1) is 11.3 Å². The standard InChI is InChI=1S/C58H47N/c1-42(43-18-20-47(21-19-43)44-12-6-2-3-7-13-44)58-39-38-53(40-54(58)41-58)52-30-36-57(37-31-52)59(55-32-26-50(27-33-55)46-16-10-5-11-17-46)56-34-28-51(29-35-56)49-24-22-48(23-25-49)45-14-8-4-9-15-45/h2-6,8-26,28-32,34-40,42,54H,27,33,41H2,1H3. The minimum Gasteiger partial charge on any atom is -0.314 e. The van der Waals surface area contributed by atoms with Gasteiger partial charge in [0.25, 0.3) is 0 Å². The molecule has 1 heteroatoms. The van der Waals surface area contributed by atoms with Gasteiger partial charge in [0.1, 0.15) is 0 Å². The van der Waals surface area contributed by atoms with Crippen molar-refractivity contribution in [2.75, 3.05) is 4.90 Å². The molecule has 59 heavy (non-hydrogen) atoms. The highest BCUT2D eigenvalue weighted by Crippen LogP contribution is 2.65. The summed E-state index contributed by atoms with van der Waals surface area (Å²) < 4.78 is 0. The van der Waals surface area contributed by atoms with Crippen molar-refractivity contribution in [3.05, 3.63) is 252 Å². The fraction of sp³-hybridized carbons (Fsp3) is 0.121. The molecule has 4 aliphatic carbocycles. The predicted octanol–water partition coefficient (Wildman–Crippen LogP) is 15.3. The van der Waals surface area contributed by atoms with Crippen molar-refractivity contribution in [1.82, 2.24) is 0 Å². The van der Waals surface area contributed by atoms with E-state index in [4.69, 9.17) is 0 Å². The fourth-order valence-electron chi connectivity index (χ4n) is 9.27. The molecule has 4 aliphatic rings. The molecule has 0 radical (unpaired) electrons. The molecule has 0 spiro atoms. The largest absolute Gasteiger partial charge is 0.314 e. The van der Waals surface area contributed by atoms with Gasteiger partial charge in [0, 0.05) is 22.5 Å². The number of rotatable bonds is 10. The molecule has 0 amide bonds. The lowest BCUT2D eigenvalue weighted by molar-refractivity contribution is 0.499. The number of hydrogen-bond acceptors (Lipinski definition) is 1. The molecule has 0 N–H and O–H groups in total. The molecule has 6 aromatic carbocycles. The number of nitrogens with zero attached hydrogens (tertiary/aromatic N) is 1. The van der Waals surface area contributed by atoms with Gasteiger partial charge < -0.3 is 4.90 Å². The Morgan fingerprint density at radius 2 is 1.10 bits per heavy atom. The zero-order valence-corrected chi connectivity index (χ0v) is 33.5. The lowest BCUT2D eigenvalue weighted by atomic mass is 9.79. The van der Waals surface area contributed by atoms with E-state index in [-0.39, 0.29) is 5.41 Å². The van der Waals surface area contributed by atoms with Gasteiger partial charge in [-0.25, -0.2) is 0 Å². The van der Waals surface area contributed by atoms with Crippen LogP contribution in [0.3, 0.4) is 0 Å². The topological polar surface area (TPSA) is 3.24 Å². The van der Waals surface area contributed by atoms with Crippen LogP contribution in [-0.2, 0) is 0 Å². The Hall–Kier alpha value is -6.92. The van der Waals surface area contributed by atoms with E-state index in [9.17, 15) is 0 Å². The van der Waals surface area contributed by atoms with Gasteiger partial charge in [-0.15, -0.1) is 5.73 Å². The molecular weight excluding hydrogens is 711 g/mol. The quantitative estimate of drug-likeness (QED) is 0.126. The maximum Gasteiger partial charge on any atom is 0.0458 e. The van der Waals surface area contributed by atoms with E-state index < -0.39 is 0 Å². The van der Waals surface area contributed by atoms with Crippen molar-refractivity contribution in [2.45, 2.75) is 32.1 Å². The summed E-state index contributed by atoms with van der Waals surface area (Å²) in [6.45, 7) is 2.41. The van der Waals surface area contributed by atoms with Gasteiger partial charge >= 0.3 is 0 Å². The molecule has 0 bridgehead atoms. The van der Waals surface area contributed by atoms with Gasteiger partial charge in [0.15, 0.2) is 0 Å². The minimum absolute atomic E-state index is 0.199. The molecule has 1 saturated carbocycles. The third-order valence-electron chi connectivity index (χ3n) is 12.9. The highest BCUT2D eigenvalue weighted by Gasteiger charge is 2.55. The van der Waals surface area contributed by atoms with Crippen molar-refractivity contribution in [2.24, 2.45) is 11.3 Å². The monoisotopic (exact) mass is 757 g/mol. The summed E-state index contributed by atoms with van der Waals surface area (Å²) in [5, 5.41) is 0. The fourth-order valence-corrected chi connectivity index (χ4v) is 9.27. The Kier molecular flexibility index (Phi) is 9.75. The molecular formula is C58H47N. The first-order chi connectivity index (χ1) is 29.1. The second-order valence-corrected chi connectivity index (χ2v) is 16.3. The van der Waals surface area contributed by atoms with Crippen molar-refractivity contribution < 1.29 is 0 Å². The number of anilines is 2. The van der Waals surface area contributed by atoms with Crippen molar-refractivity contribution >= 4 is 28.1 Å². The van der Waals surface area contributed by atoms with Crippen LogP contribution in [0.5, 0.6) is 0 Å². The molecule has 284 valence electrons. The van der Waals surface area contributed by atoms with Gasteiger partial charge in [0.2, 0.25) is 0 Å². The molecule has 1 fully saturated rings. The molecule has 0 aliphatic heterocycles. The van der Waals surface area contributed by atoms with E-state index in [1.807, 2.05) is 12.2 Å². The molecule has 10 rings (SSSR count). The summed E-state index contributed by atoms with van der Waals surface area (Å²) in [6.07, 6.45) is 25.5. The van der Waals surface area contributed by atoms with E-state index in [2.05, 4.69) is 224 Å². The zero-order valence-electron chi connectivity index (χ0n) is 33.5.